The fourth-order valence-corrected chi connectivity index (χ4v) is 2.47. The molecule has 0 amide bonds. The molecule has 166 valence electrons. The molecular formula is C16H28N4O9. The van der Waals surface area contributed by atoms with Crippen LogP contribution in [-0.4, -0.2) is 109 Å². The van der Waals surface area contributed by atoms with Crippen molar-refractivity contribution in [3.8, 4) is 0 Å². The second-order valence-electron chi connectivity index (χ2n) is 6.61. The number of carbonyl (C=O) groups is 1. The van der Waals surface area contributed by atoms with Gasteiger partial charge in [0.05, 0.1) is 12.7 Å². The number of aliphatic hydroxyl groups is 6. The first kappa shape index (κ1) is 25.1. The van der Waals surface area contributed by atoms with Gasteiger partial charge >= 0.3 is 5.69 Å². The maximum Gasteiger partial charge on any atom is 0.351 e. The molecule has 8 N–H and O–H groups in total. The minimum Gasteiger partial charge on any atom is -0.394 e. The Morgan fingerprint density at radius 2 is 1.93 bits per heavy atom. The summed E-state index contributed by atoms with van der Waals surface area (Å²) in [6, 6.07) is 1.37. The highest BCUT2D eigenvalue weighted by Crippen LogP contribution is 2.27. The van der Waals surface area contributed by atoms with Crippen molar-refractivity contribution < 1.29 is 40.2 Å². The molecular weight excluding hydrogens is 392 g/mol. The second kappa shape index (κ2) is 11.3. The normalized spacial score (nSPS) is 27.1. The third kappa shape index (κ3) is 6.52. The molecule has 13 nitrogen and oxygen atoms in total. The van der Waals surface area contributed by atoms with E-state index in [1.807, 2.05) is 0 Å². The number of carbonyl (C=O) groups excluding carboxylic acids is 1. The number of hydrogen-bond donors (Lipinski definition) is 7. The van der Waals surface area contributed by atoms with Crippen molar-refractivity contribution in [1.29, 1.82) is 0 Å². The number of aldehydes is 1. The van der Waals surface area contributed by atoms with Gasteiger partial charge < -0.3 is 45.9 Å². The maximum atomic E-state index is 11.5. The van der Waals surface area contributed by atoms with Crippen LogP contribution >= 0.6 is 0 Å². The smallest absolute Gasteiger partial charge is 0.351 e. The molecule has 1 fully saturated rings. The predicted octanol–water partition coefficient (Wildman–Crippen LogP) is -4.39. The summed E-state index contributed by atoms with van der Waals surface area (Å²) in [5, 5.41) is 55.6. The lowest BCUT2D eigenvalue weighted by Gasteiger charge is -2.26. The Labute approximate surface area is 166 Å². The van der Waals surface area contributed by atoms with Crippen molar-refractivity contribution in [3.63, 3.8) is 0 Å². The first-order valence-electron chi connectivity index (χ1n) is 8.66. The Morgan fingerprint density at radius 3 is 2.38 bits per heavy atom. The SMILES string of the molecule is CN(C)C(O)C(O)C(O)CC=O.Nc1ccn([C@@H]2O[C@H](CO)[C@@H](O)[C@H]2O)c(=O)n1. The monoisotopic (exact) mass is 420 g/mol. The highest BCUT2D eigenvalue weighted by atomic mass is 16.6. The van der Waals surface area contributed by atoms with Crippen molar-refractivity contribution in [2.45, 2.75) is 49.4 Å². The van der Waals surface area contributed by atoms with Crippen LogP contribution in [0.1, 0.15) is 12.6 Å². The number of nitrogen functional groups attached to an aromatic ring is 1. The largest absolute Gasteiger partial charge is 0.394 e. The van der Waals surface area contributed by atoms with E-state index in [0.29, 0.717) is 6.29 Å². The van der Waals surface area contributed by atoms with Crippen molar-refractivity contribution in [3.05, 3.63) is 22.7 Å². The number of rotatable bonds is 7. The Kier molecular flexibility index (Phi) is 9.75. The van der Waals surface area contributed by atoms with E-state index < -0.39 is 55.3 Å². The van der Waals surface area contributed by atoms with Gasteiger partial charge in [-0.25, -0.2) is 4.79 Å². The van der Waals surface area contributed by atoms with Crippen molar-refractivity contribution in [1.82, 2.24) is 14.5 Å². The van der Waals surface area contributed by atoms with Gasteiger partial charge in [-0.3, -0.25) is 9.47 Å². The number of aromatic nitrogens is 2. The van der Waals surface area contributed by atoms with Crippen molar-refractivity contribution in [2.75, 3.05) is 26.4 Å². The van der Waals surface area contributed by atoms with Crippen LogP contribution in [0.2, 0.25) is 0 Å². The van der Waals surface area contributed by atoms with Gasteiger partial charge in [0.2, 0.25) is 0 Å². The molecule has 29 heavy (non-hydrogen) atoms. The van der Waals surface area contributed by atoms with Gasteiger partial charge in [0.1, 0.15) is 42.7 Å². The van der Waals surface area contributed by atoms with Gasteiger partial charge in [-0.1, -0.05) is 0 Å². The van der Waals surface area contributed by atoms with E-state index in [-0.39, 0.29) is 12.2 Å². The molecule has 2 heterocycles. The minimum atomic E-state index is -1.31. The molecule has 0 aromatic carbocycles. The average Bonchev–Trinajstić information content (AvgIpc) is 2.95. The maximum absolute atomic E-state index is 11.5. The standard InChI is InChI=1S/C9H13N3O5.C7H15NO4/c10-5-1-2-12(9(16)11-5)8-7(15)6(14)4(3-13)17-8;1-8(2)7(12)6(11)5(10)3-4-9/h1-2,4,6-8,13-15H,3H2,(H2,10,11,16);4-7,10-12H,3H2,1-2H3/t4-,6-,7-,8-;/m1./s1. The number of nitrogens with zero attached hydrogens (tertiary/aromatic N) is 3. The van der Waals surface area contributed by atoms with Crippen LogP contribution in [-0.2, 0) is 9.53 Å². The highest BCUT2D eigenvalue weighted by molar-refractivity contribution is 5.50. The molecule has 1 saturated heterocycles. The molecule has 0 spiro atoms. The molecule has 13 heteroatoms. The van der Waals surface area contributed by atoms with Crippen LogP contribution in [0.5, 0.6) is 0 Å². The van der Waals surface area contributed by atoms with Crippen LogP contribution in [0.3, 0.4) is 0 Å². The minimum absolute atomic E-state index is 0.0537. The van der Waals surface area contributed by atoms with E-state index in [4.69, 9.17) is 20.7 Å². The Morgan fingerprint density at radius 1 is 1.31 bits per heavy atom. The summed E-state index contributed by atoms with van der Waals surface area (Å²) in [5.41, 5.74) is 4.63. The number of likely N-dealkylation sites (N-methyl/N-ethyl adjacent to an activating group) is 1. The highest BCUT2D eigenvalue weighted by Gasteiger charge is 2.43. The zero-order valence-electron chi connectivity index (χ0n) is 16.0. The zero-order valence-corrected chi connectivity index (χ0v) is 16.0. The van der Waals surface area contributed by atoms with Crippen molar-refractivity contribution in [2.24, 2.45) is 0 Å². The predicted molar refractivity (Wildman–Crippen MR) is 98.3 cm³/mol. The first-order chi connectivity index (χ1) is 13.5. The van der Waals surface area contributed by atoms with E-state index in [9.17, 15) is 30.0 Å². The van der Waals surface area contributed by atoms with E-state index in [0.717, 1.165) is 4.57 Å². The van der Waals surface area contributed by atoms with Gasteiger partial charge in [-0.15, -0.1) is 0 Å². The van der Waals surface area contributed by atoms with Gasteiger partial charge in [-0.05, 0) is 20.2 Å². The molecule has 1 aromatic heterocycles. The number of aliphatic hydroxyl groups excluding tert-OH is 6. The quantitative estimate of drug-likeness (QED) is 0.165. The molecule has 3 unspecified atom stereocenters. The van der Waals surface area contributed by atoms with Crippen LogP contribution in [0.25, 0.3) is 0 Å². The van der Waals surface area contributed by atoms with E-state index in [2.05, 4.69) is 4.98 Å². The Balaban J connectivity index is 0.000000311. The number of anilines is 1. The fraction of sp³-hybridized carbons (Fsp3) is 0.688. The summed E-state index contributed by atoms with van der Waals surface area (Å²) in [4.78, 5) is 26.3. The Hall–Kier alpha value is -1.97. The number of nitrogens with two attached hydrogens (primary N) is 1. The van der Waals surface area contributed by atoms with Crippen LogP contribution in [0.4, 0.5) is 5.82 Å². The van der Waals surface area contributed by atoms with E-state index >= 15 is 0 Å². The lowest BCUT2D eigenvalue weighted by atomic mass is 10.1. The molecule has 0 saturated carbocycles. The third-order valence-corrected chi connectivity index (χ3v) is 4.21. The summed E-state index contributed by atoms with van der Waals surface area (Å²) < 4.78 is 6.19. The second-order valence-corrected chi connectivity index (χ2v) is 6.61. The van der Waals surface area contributed by atoms with E-state index in [1.54, 1.807) is 14.1 Å². The summed E-state index contributed by atoms with van der Waals surface area (Å²) in [6.45, 7) is -0.453. The molecule has 7 atom stereocenters. The average molecular weight is 420 g/mol. The van der Waals surface area contributed by atoms with Crippen LogP contribution < -0.4 is 11.4 Å². The molecule has 1 aliphatic rings. The lowest BCUT2D eigenvalue weighted by Crippen LogP contribution is -2.45. The summed E-state index contributed by atoms with van der Waals surface area (Å²) in [7, 11) is 3.11. The lowest BCUT2D eigenvalue weighted by molar-refractivity contribution is -0.124. The van der Waals surface area contributed by atoms with Gasteiger partial charge in [-0.2, -0.15) is 4.98 Å². The van der Waals surface area contributed by atoms with Gasteiger partial charge in [0.15, 0.2) is 6.23 Å². The summed E-state index contributed by atoms with van der Waals surface area (Å²) in [6.07, 6.45) is -6.62. The van der Waals surface area contributed by atoms with Gasteiger partial charge in [0, 0.05) is 12.6 Å². The third-order valence-electron chi connectivity index (χ3n) is 4.21. The van der Waals surface area contributed by atoms with Gasteiger partial charge in [0.25, 0.3) is 0 Å². The fourth-order valence-electron chi connectivity index (χ4n) is 2.47. The molecule has 1 aromatic rings. The van der Waals surface area contributed by atoms with E-state index in [1.165, 1.54) is 17.2 Å². The van der Waals surface area contributed by atoms with Crippen LogP contribution in [0.15, 0.2) is 17.1 Å². The zero-order chi connectivity index (χ0) is 22.3. The summed E-state index contributed by atoms with van der Waals surface area (Å²) >= 11 is 0. The van der Waals surface area contributed by atoms with Crippen molar-refractivity contribution >= 4 is 12.1 Å². The first-order valence-corrected chi connectivity index (χ1v) is 8.66. The summed E-state index contributed by atoms with van der Waals surface area (Å²) in [5.74, 6) is 0.0537. The topological polar surface area (TPSA) is 212 Å². The van der Waals surface area contributed by atoms with Crippen LogP contribution in [0, 0.1) is 0 Å². The molecule has 1 aliphatic heterocycles. The molecule has 0 bridgehead atoms. The molecule has 0 radical (unpaired) electrons. The molecule has 0 aliphatic carbocycles. The molecule has 2 rings (SSSR count). The Bertz CT molecular complexity index is 701. The number of hydrogen-bond acceptors (Lipinski definition) is 12. The number of ether oxygens (including phenoxy) is 1.